The zero-order valence-corrected chi connectivity index (χ0v) is 19.4. The van der Waals surface area contributed by atoms with E-state index in [1.165, 1.54) is 0 Å². The number of hydrogen-bond acceptors (Lipinski definition) is 5. The lowest BCUT2D eigenvalue weighted by Gasteiger charge is -2.28. The Bertz CT molecular complexity index is 1220. The van der Waals surface area contributed by atoms with Crippen molar-refractivity contribution in [2.75, 3.05) is 20.1 Å². The molecule has 1 fully saturated rings. The lowest BCUT2D eigenvalue weighted by atomic mass is 10.1. The molecule has 1 aliphatic rings. The van der Waals surface area contributed by atoms with Crippen molar-refractivity contribution < 1.29 is 4.74 Å². The monoisotopic (exact) mass is 470 g/mol. The van der Waals surface area contributed by atoms with Crippen molar-refractivity contribution in [2.45, 2.75) is 31.9 Å². The molecule has 1 atom stereocenters. The molecule has 1 aromatic carbocycles. The largest absolute Gasteiger partial charge is 0.486 e. The van der Waals surface area contributed by atoms with Crippen LogP contribution in [0.4, 0.5) is 0 Å². The van der Waals surface area contributed by atoms with Crippen LogP contribution in [-0.2, 0) is 0 Å². The van der Waals surface area contributed by atoms with Crippen LogP contribution in [0.1, 0.15) is 37.5 Å². The first kappa shape index (κ1) is 21.2. The third kappa shape index (κ3) is 4.08. The van der Waals surface area contributed by atoms with Gasteiger partial charge in [-0.25, -0.2) is 0 Å². The second-order valence-corrected chi connectivity index (χ2v) is 9.11. The molecule has 1 aliphatic heterocycles. The number of nitrogens with one attached hydrogen (secondary N) is 1. The fourth-order valence-electron chi connectivity index (χ4n) is 4.28. The predicted molar refractivity (Wildman–Crippen MR) is 126 cm³/mol. The highest BCUT2D eigenvalue weighted by molar-refractivity contribution is 6.35. The first-order valence-electron chi connectivity index (χ1n) is 10.7. The second-order valence-electron chi connectivity index (χ2n) is 8.30. The maximum absolute atomic E-state index is 6.29. The molecular formula is C23H24Cl2N6O. The Labute approximate surface area is 196 Å². The van der Waals surface area contributed by atoms with Gasteiger partial charge in [0.2, 0.25) is 0 Å². The highest BCUT2D eigenvalue weighted by Gasteiger charge is 2.21. The summed E-state index contributed by atoms with van der Waals surface area (Å²) in [5, 5.41) is 14.2. The maximum Gasteiger partial charge on any atom is 0.124 e. The van der Waals surface area contributed by atoms with E-state index in [0.29, 0.717) is 21.8 Å². The van der Waals surface area contributed by atoms with Gasteiger partial charge in [-0.05, 0) is 58.1 Å². The Kier molecular flexibility index (Phi) is 5.80. The van der Waals surface area contributed by atoms with Crippen molar-refractivity contribution in [2.24, 2.45) is 0 Å². The third-order valence-electron chi connectivity index (χ3n) is 6.08. The van der Waals surface area contributed by atoms with Gasteiger partial charge in [0.15, 0.2) is 0 Å². The van der Waals surface area contributed by atoms with Gasteiger partial charge >= 0.3 is 0 Å². The molecule has 0 aliphatic carbocycles. The Morgan fingerprint density at radius 2 is 1.88 bits per heavy atom. The minimum Gasteiger partial charge on any atom is -0.486 e. The number of aromatic amines is 1. The molecular weight excluding hydrogens is 447 g/mol. The normalized spacial score (nSPS) is 16.5. The van der Waals surface area contributed by atoms with Crippen LogP contribution in [0, 0.1) is 0 Å². The van der Waals surface area contributed by atoms with Crippen LogP contribution < -0.4 is 4.74 Å². The minimum atomic E-state index is -0.335. The van der Waals surface area contributed by atoms with E-state index >= 15 is 0 Å². The molecule has 3 aromatic heterocycles. The topological polar surface area (TPSA) is 71.9 Å². The zero-order chi connectivity index (χ0) is 22.2. The molecule has 7 nitrogen and oxygen atoms in total. The average molecular weight is 471 g/mol. The number of ether oxygens (including phenoxy) is 1. The number of nitrogens with zero attached hydrogens (tertiary/aromatic N) is 5. The SMILES string of the molecule is C[C@@H](Oc1ccc2[nH]nc(-c3cnn(C4CCN(C)CC4)c3)c2c1)c1c(Cl)cncc1Cl. The summed E-state index contributed by atoms with van der Waals surface area (Å²) >= 11 is 12.6. The first-order valence-corrected chi connectivity index (χ1v) is 11.4. The molecule has 4 aromatic rings. The highest BCUT2D eigenvalue weighted by atomic mass is 35.5. The third-order valence-corrected chi connectivity index (χ3v) is 6.68. The molecule has 1 N–H and O–H groups in total. The minimum absolute atomic E-state index is 0.335. The van der Waals surface area contributed by atoms with Crippen LogP contribution in [0.3, 0.4) is 0 Å². The Morgan fingerprint density at radius 1 is 1.12 bits per heavy atom. The first-order chi connectivity index (χ1) is 15.5. The van der Waals surface area contributed by atoms with Crippen molar-refractivity contribution >= 4 is 34.1 Å². The molecule has 1 saturated heterocycles. The van der Waals surface area contributed by atoms with Crippen LogP contribution in [0.25, 0.3) is 22.2 Å². The average Bonchev–Trinajstić information content (AvgIpc) is 3.41. The van der Waals surface area contributed by atoms with E-state index in [2.05, 4.69) is 43.1 Å². The summed E-state index contributed by atoms with van der Waals surface area (Å²) in [5.74, 6) is 0.708. The van der Waals surface area contributed by atoms with Gasteiger partial charge in [-0.2, -0.15) is 10.2 Å². The molecule has 9 heteroatoms. The fourth-order valence-corrected chi connectivity index (χ4v) is 4.95. The molecule has 4 heterocycles. The molecule has 166 valence electrons. The number of halogens is 2. The number of benzene rings is 1. The quantitative estimate of drug-likeness (QED) is 0.414. The van der Waals surface area contributed by atoms with E-state index in [1.807, 2.05) is 31.3 Å². The number of aromatic nitrogens is 5. The second kappa shape index (κ2) is 8.73. The smallest absolute Gasteiger partial charge is 0.124 e. The molecule has 5 rings (SSSR count). The summed E-state index contributed by atoms with van der Waals surface area (Å²) in [6.45, 7) is 4.10. The molecule has 0 spiro atoms. The van der Waals surface area contributed by atoms with Crippen LogP contribution in [-0.4, -0.2) is 50.0 Å². The van der Waals surface area contributed by atoms with Crippen molar-refractivity contribution in [1.82, 2.24) is 29.9 Å². The number of H-pyrrole nitrogens is 1. The van der Waals surface area contributed by atoms with E-state index in [1.54, 1.807) is 12.4 Å². The van der Waals surface area contributed by atoms with Gasteiger partial charge in [0, 0.05) is 35.1 Å². The van der Waals surface area contributed by atoms with Gasteiger partial charge < -0.3 is 9.64 Å². The maximum atomic E-state index is 6.29. The number of piperidine rings is 1. The lowest BCUT2D eigenvalue weighted by Crippen LogP contribution is -2.31. The summed E-state index contributed by atoms with van der Waals surface area (Å²) in [5.41, 5.74) is 3.50. The number of rotatable bonds is 5. The summed E-state index contributed by atoms with van der Waals surface area (Å²) in [6, 6.07) is 6.29. The van der Waals surface area contributed by atoms with Crippen molar-refractivity contribution in [1.29, 1.82) is 0 Å². The number of pyridine rings is 1. The zero-order valence-electron chi connectivity index (χ0n) is 17.9. The van der Waals surface area contributed by atoms with E-state index in [-0.39, 0.29) is 6.10 Å². The fraction of sp³-hybridized carbons (Fsp3) is 0.348. The summed E-state index contributed by atoms with van der Waals surface area (Å²) < 4.78 is 8.26. The van der Waals surface area contributed by atoms with Crippen LogP contribution in [0.5, 0.6) is 5.75 Å². The summed E-state index contributed by atoms with van der Waals surface area (Å²) in [6.07, 6.45) is 9.00. The summed E-state index contributed by atoms with van der Waals surface area (Å²) in [4.78, 5) is 6.37. The van der Waals surface area contributed by atoms with Crippen molar-refractivity contribution in [3.63, 3.8) is 0 Å². The van der Waals surface area contributed by atoms with Gasteiger partial charge in [0.25, 0.3) is 0 Å². The molecule has 0 amide bonds. The van der Waals surface area contributed by atoms with Crippen LogP contribution in [0.2, 0.25) is 10.0 Å². The standard InChI is InChI=1S/C23H24Cl2N6O/c1-14(22-19(24)11-26-12-20(22)25)32-17-3-4-21-18(9-17)23(29-28-21)15-10-27-31(13-15)16-5-7-30(2)8-6-16/h3-4,9-14,16H,5-8H2,1-2H3,(H,28,29)/t14-/m1/s1. The van der Waals surface area contributed by atoms with E-state index in [4.69, 9.17) is 27.9 Å². The van der Waals surface area contributed by atoms with Gasteiger partial charge in [-0.15, -0.1) is 0 Å². The predicted octanol–water partition coefficient (Wildman–Crippen LogP) is 5.53. The molecule has 0 bridgehead atoms. The molecule has 32 heavy (non-hydrogen) atoms. The molecule has 0 unspecified atom stereocenters. The Hall–Kier alpha value is -2.61. The van der Waals surface area contributed by atoms with Gasteiger partial charge in [0.05, 0.1) is 27.8 Å². The van der Waals surface area contributed by atoms with E-state index < -0.39 is 0 Å². The highest BCUT2D eigenvalue weighted by Crippen LogP contribution is 2.35. The van der Waals surface area contributed by atoms with E-state index in [9.17, 15) is 0 Å². The van der Waals surface area contributed by atoms with Gasteiger partial charge in [-0.3, -0.25) is 14.8 Å². The number of hydrogen-bond donors (Lipinski definition) is 1. The van der Waals surface area contributed by atoms with Gasteiger partial charge in [-0.1, -0.05) is 23.2 Å². The Morgan fingerprint density at radius 3 is 2.62 bits per heavy atom. The van der Waals surface area contributed by atoms with Crippen LogP contribution in [0.15, 0.2) is 43.0 Å². The van der Waals surface area contributed by atoms with Crippen LogP contribution >= 0.6 is 23.2 Å². The summed E-state index contributed by atoms with van der Waals surface area (Å²) in [7, 11) is 2.16. The Balaban J connectivity index is 1.41. The van der Waals surface area contributed by atoms with Crippen molar-refractivity contribution in [3.8, 4) is 17.0 Å². The van der Waals surface area contributed by atoms with E-state index in [0.717, 1.165) is 53.7 Å². The number of likely N-dealkylation sites (tertiary alicyclic amines) is 1. The van der Waals surface area contributed by atoms with Crippen molar-refractivity contribution in [3.05, 3.63) is 58.6 Å². The molecule has 0 radical (unpaired) electrons. The van der Waals surface area contributed by atoms with Gasteiger partial charge in [0.1, 0.15) is 17.5 Å². The number of fused-ring (bicyclic) bond motifs is 1. The molecule has 0 saturated carbocycles. The lowest BCUT2D eigenvalue weighted by molar-refractivity contribution is 0.212.